The van der Waals surface area contributed by atoms with Crippen LogP contribution in [0.4, 0.5) is 0 Å². The van der Waals surface area contributed by atoms with E-state index >= 15 is 0 Å². The van der Waals surface area contributed by atoms with Gasteiger partial charge in [-0.2, -0.15) is 0 Å². The molecule has 0 bridgehead atoms. The van der Waals surface area contributed by atoms with Gasteiger partial charge in [-0.3, -0.25) is 0 Å². The largest absolute Gasteiger partial charge is 1.00 e. The van der Waals surface area contributed by atoms with Gasteiger partial charge in [0.2, 0.25) is 0 Å². The van der Waals surface area contributed by atoms with E-state index in [1.165, 1.54) is 89.9 Å². The van der Waals surface area contributed by atoms with Gasteiger partial charge in [-0.05, 0) is 32.4 Å². The van der Waals surface area contributed by atoms with Crippen molar-refractivity contribution in [2.45, 2.75) is 110 Å². The number of nitrogens with zero attached hydrogens (tertiary/aromatic N) is 1. The predicted octanol–water partition coefficient (Wildman–Crippen LogP) is 1.93. The SMILES string of the molecule is CCCCCCCCCN(CCCCCCCCC)CCC(=O)[O-].[Na+]. The number of unbranched alkanes of at least 4 members (excludes halogenated alkanes) is 12. The molecule has 0 aliphatic rings. The number of carbonyl (C=O) groups is 1. The Morgan fingerprint density at radius 2 is 1.00 bits per heavy atom. The first-order valence-corrected chi connectivity index (χ1v) is 10.6. The number of hydrogen-bond acceptors (Lipinski definition) is 3. The maximum absolute atomic E-state index is 10.7. The van der Waals surface area contributed by atoms with Crippen LogP contribution in [0.2, 0.25) is 0 Å². The van der Waals surface area contributed by atoms with E-state index in [0.717, 1.165) is 13.1 Å². The summed E-state index contributed by atoms with van der Waals surface area (Å²) in [6, 6.07) is 0. The molecule has 25 heavy (non-hydrogen) atoms. The Kier molecular flexibility index (Phi) is 24.9. The van der Waals surface area contributed by atoms with Crippen molar-refractivity contribution in [3.63, 3.8) is 0 Å². The molecule has 0 spiro atoms. The van der Waals surface area contributed by atoms with Crippen LogP contribution in [-0.4, -0.2) is 30.5 Å². The smallest absolute Gasteiger partial charge is 0.550 e. The van der Waals surface area contributed by atoms with Crippen molar-refractivity contribution in [3.8, 4) is 0 Å². The van der Waals surface area contributed by atoms with Crippen molar-refractivity contribution >= 4 is 5.97 Å². The maximum atomic E-state index is 10.7. The van der Waals surface area contributed by atoms with E-state index in [0.29, 0.717) is 6.54 Å². The Balaban J connectivity index is 0. The van der Waals surface area contributed by atoms with Gasteiger partial charge in [0.25, 0.3) is 0 Å². The molecule has 0 saturated carbocycles. The fraction of sp³-hybridized carbons (Fsp3) is 0.952. The second kappa shape index (κ2) is 22.5. The molecule has 0 N–H and O–H groups in total. The van der Waals surface area contributed by atoms with Crippen molar-refractivity contribution in [1.82, 2.24) is 4.90 Å². The van der Waals surface area contributed by atoms with E-state index in [9.17, 15) is 9.90 Å². The molecule has 0 unspecified atom stereocenters. The molecular weight excluding hydrogens is 321 g/mol. The fourth-order valence-corrected chi connectivity index (χ4v) is 3.17. The first-order chi connectivity index (χ1) is 11.7. The molecule has 0 aliphatic carbocycles. The van der Waals surface area contributed by atoms with Gasteiger partial charge in [0.15, 0.2) is 0 Å². The third kappa shape index (κ3) is 22.4. The fourth-order valence-electron chi connectivity index (χ4n) is 3.17. The summed E-state index contributed by atoms with van der Waals surface area (Å²) in [6.45, 7) is 7.26. The molecule has 0 rings (SSSR count). The van der Waals surface area contributed by atoms with E-state index in [2.05, 4.69) is 18.7 Å². The summed E-state index contributed by atoms with van der Waals surface area (Å²) in [5, 5.41) is 10.7. The monoisotopic (exact) mass is 363 g/mol. The van der Waals surface area contributed by atoms with Gasteiger partial charge in [-0.1, -0.05) is 90.9 Å². The van der Waals surface area contributed by atoms with Gasteiger partial charge >= 0.3 is 29.6 Å². The molecule has 0 fully saturated rings. The molecule has 0 radical (unpaired) electrons. The van der Waals surface area contributed by atoms with Crippen LogP contribution in [0.15, 0.2) is 0 Å². The zero-order chi connectivity index (χ0) is 17.9. The van der Waals surface area contributed by atoms with Gasteiger partial charge in [0, 0.05) is 12.5 Å². The molecule has 0 aliphatic heterocycles. The minimum absolute atomic E-state index is 0. The topological polar surface area (TPSA) is 43.4 Å². The average molecular weight is 364 g/mol. The van der Waals surface area contributed by atoms with E-state index in [-0.39, 0.29) is 36.0 Å². The van der Waals surface area contributed by atoms with Gasteiger partial charge < -0.3 is 14.8 Å². The molecule has 0 aromatic carbocycles. The minimum atomic E-state index is -0.917. The second-order valence-electron chi connectivity index (χ2n) is 7.21. The number of carboxylic acid groups (broad SMARTS) is 1. The zero-order valence-electron chi connectivity index (χ0n) is 17.5. The van der Waals surface area contributed by atoms with Crippen molar-refractivity contribution in [1.29, 1.82) is 0 Å². The number of carboxylic acids is 1. The van der Waals surface area contributed by atoms with Gasteiger partial charge in [0.05, 0.1) is 0 Å². The summed E-state index contributed by atoms with van der Waals surface area (Å²) in [7, 11) is 0. The number of carbonyl (C=O) groups excluding carboxylic acids is 1. The quantitative estimate of drug-likeness (QED) is 0.260. The van der Waals surface area contributed by atoms with E-state index < -0.39 is 5.97 Å². The number of hydrogen-bond donors (Lipinski definition) is 0. The van der Waals surface area contributed by atoms with E-state index in [4.69, 9.17) is 0 Å². The second-order valence-corrected chi connectivity index (χ2v) is 7.21. The normalized spacial score (nSPS) is 10.8. The van der Waals surface area contributed by atoms with Crippen molar-refractivity contribution in [3.05, 3.63) is 0 Å². The Labute approximate surface area is 179 Å². The Hall–Kier alpha value is 0.430. The van der Waals surface area contributed by atoms with Crippen molar-refractivity contribution in [2.24, 2.45) is 0 Å². The molecule has 0 amide bonds. The van der Waals surface area contributed by atoms with E-state index in [1.807, 2.05) is 0 Å². The Bertz CT molecular complexity index is 257. The summed E-state index contributed by atoms with van der Waals surface area (Å²) >= 11 is 0. The van der Waals surface area contributed by atoms with Crippen molar-refractivity contribution < 1.29 is 39.5 Å². The van der Waals surface area contributed by atoms with Crippen LogP contribution in [0.25, 0.3) is 0 Å². The minimum Gasteiger partial charge on any atom is -0.550 e. The van der Waals surface area contributed by atoms with Crippen LogP contribution < -0.4 is 34.7 Å². The molecule has 4 heteroatoms. The third-order valence-corrected chi connectivity index (χ3v) is 4.79. The number of aliphatic carboxylic acids is 1. The summed E-state index contributed by atoms with van der Waals surface area (Å²) in [4.78, 5) is 13.1. The predicted molar refractivity (Wildman–Crippen MR) is 102 cm³/mol. The molecular formula is C21H42NNaO2. The van der Waals surface area contributed by atoms with Crippen molar-refractivity contribution in [2.75, 3.05) is 19.6 Å². The molecule has 0 heterocycles. The summed E-state index contributed by atoms with van der Waals surface area (Å²) < 4.78 is 0. The standard InChI is InChI=1S/C21H43NO2.Na/c1-3-5-7-9-11-13-15-18-22(20-17-21(23)24)19-16-14-12-10-8-6-4-2;/h3-20H2,1-2H3,(H,23,24);/q;+1/p-1. The average Bonchev–Trinajstić information content (AvgIpc) is 2.57. The number of rotatable bonds is 19. The van der Waals surface area contributed by atoms with Crippen LogP contribution in [0.3, 0.4) is 0 Å². The molecule has 0 aromatic heterocycles. The first-order valence-electron chi connectivity index (χ1n) is 10.6. The van der Waals surface area contributed by atoms with Crippen LogP contribution in [0, 0.1) is 0 Å². The molecule has 3 nitrogen and oxygen atoms in total. The molecule has 144 valence electrons. The third-order valence-electron chi connectivity index (χ3n) is 4.79. The van der Waals surface area contributed by atoms with E-state index in [1.54, 1.807) is 0 Å². The maximum Gasteiger partial charge on any atom is 1.00 e. The van der Waals surface area contributed by atoms with Crippen LogP contribution in [-0.2, 0) is 4.79 Å². The first kappa shape index (κ1) is 27.6. The summed E-state index contributed by atoms with van der Waals surface area (Å²) in [5.41, 5.74) is 0. The Morgan fingerprint density at radius 3 is 1.36 bits per heavy atom. The Morgan fingerprint density at radius 1 is 0.640 bits per heavy atom. The zero-order valence-corrected chi connectivity index (χ0v) is 19.5. The van der Waals surface area contributed by atoms with Gasteiger partial charge in [-0.15, -0.1) is 0 Å². The molecule has 0 atom stereocenters. The van der Waals surface area contributed by atoms with Crippen LogP contribution in [0.1, 0.15) is 110 Å². The molecule has 0 saturated heterocycles. The van der Waals surface area contributed by atoms with Gasteiger partial charge in [-0.25, -0.2) is 0 Å². The van der Waals surface area contributed by atoms with Crippen LogP contribution in [0.5, 0.6) is 0 Å². The van der Waals surface area contributed by atoms with Crippen LogP contribution >= 0.6 is 0 Å². The van der Waals surface area contributed by atoms with Gasteiger partial charge in [0.1, 0.15) is 0 Å². The molecule has 0 aromatic rings. The summed E-state index contributed by atoms with van der Waals surface area (Å²) in [6.07, 6.45) is 18.5. The summed E-state index contributed by atoms with van der Waals surface area (Å²) in [5.74, 6) is -0.917.